The lowest BCUT2D eigenvalue weighted by Crippen LogP contribution is -2.64. The summed E-state index contributed by atoms with van der Waals surface area (Å²) in [5, 5.41) is 20.4. The monoisotopic (exact) mass is 731 g/mol. The molecule has 51 heavy (non-hydrogen) atoms. The molecule has 0 radical (unpaired) electrons. The fraction of sp³-hybridized carbons (Fsp3) is 0.622. The van der Waals surface area contributed by atoms with Gasteiger partial charge in [0.15, 0.2) is 16.4 Å². The topological polar surface area (TPSA) is 167 Å². The first-order valence-corrected chi connectivity index (χ1v) is 19.6. The molecule has 6 atom stereocenters. The molecule has 282 valence electrons. The molecule has 1 saturated carbocycles. The SMILES string of the molecule is CC(C)(C)NC(=O)C1CC2CCCCC2CN1CC(O)C(Cc1ccccc1)NC(=O)C(NC(=O)COc1cccc(F)n1)C(C)(C)S(C)(=O)=O. The van der Waals surface area contributed by atoms with Gasteiger partial charge in [-0.2, -0.15) is 9.37 Å². The van der Waals surface area contributed by atoms with Crippen LogP contribution in [-0.2, 0) is 30.6 Å². The maximum absolute atomic E-state index is 14.1. The molecule has 14 heteroatoms. The van der Waals surface area contributed by atoms with Gasteiger partial charge in [-0.1, -0.05) is 55.7 Å². The van der Waals surface area contributed by atoms with Gasteiger partial charge in [0.2, 0.25) is 23.6 Å². The largest absolute Gasteiger partial charge is 0.467 e. The van der Waals surface area contributed by atoms with Crippen LogP contribution in [0.15, 0.2) is 48.5 Å². The van der Waals surface area contributed by atoms with Crippen LogP contribution in [0.25, 0.3) is 0 Å². The number of fused-ring (bicyclic) bond motifs is 1. The van der Waals surface area contributed by atoms with Gasteiger partial charge in [0.1, 0.15) is 6.04 Å². The summed E-state index contributed by atoms with van der Waals surface area (Å²) in [5.41, 5.74) is 0.369. The van der Waals surface area contributed by atoms with Crippen molar-refractivity contribution in [2.45, 2.75) is 108 Å². The van der Waals surface area contributed by atoms with Crippen molar-refractivity contribution in [2.24, 2.45) is 11.8 Å². The van der Waals surface area contributed by atoms with Crippen molar-refractivity contribution in [3.63, 3.8) is 0 Å². The highest BCUT2D eigenvalue weighted by Gasteiger charge is 2.46. The van der Waals surface area contributed by atoms with Crippen molar-refractivity contribution < 1.29 is 37.0 Å². The average molecular weight is 732 g/mol. The molecule has 1 aliphatic carbocycles. The third-order valence-corrected chi connectivity index (χ3v) is 12.2. The Bertz CT molecular complexity index is 1620. The van der Waals surface area contributed by atoms with E-state index in [2.05, 4.69) is 20.9 Å². The maximum atomic E-state index is 14.1. The molecule has 1 saturated heterocycles. The number of ether oxygens (including phenoxy) is 1. The predicted molar refractivity (Wildman–Crippen MR) is 192 cm³/mol. The quantitative estimate of drug-likeness (QED) is 0.214. The van der Waals surface area contributed by atoms with Crippen LogP contribution in [0.2, 0.25) is 0 Å². The van der Waals surface area contributed by atoms with E-state index in [4.69, 9.17) is 4.74 Å². The number of halogens is 1. The highest BCUT2D eigenvalue weighted by atomic mass is 32.2. The van der Waals surface area contributed by atoms with E-state index in [1.165, 1.54) is 26.0 Å². The fourth-order valence-corrected chi connectivity index (χ4v) is 7.59. The first kappa shape index (κ1) is 40.2. The molecule has 0 spiro atoms. The van der Waals surface area contributed by atoms with E-state index in [0.29, 0.717) is 24.8 Å². The van der Waals surface area contributed by atoms with E-state index in [0.717, 1.165) is 43.6 Å². The van der Waals surface area contributed by atoms with E-state index >= 15 is 0 Å². The number of hydrogen-bond acceptors (Lipinski definition) is 9. The molecule has 12 nitrogen and oxygen atoms in total. The minimum atomic E-state index is -3.94. The van der Waals surface area contributed by atoms with Gasteiger partial charge in [-0.3, -0.25) is 19.3 Å². The number of sulfone groups is 1. The standard InChI is InChI=1S/C37H54FN5O7S/c1-36(2,3)42-34(46)28-20-25-15-10-11-16-26(25)21-43(28)22-29(44)27(19-24-13-8-7-9-14-24)39-35(47)33(37(4,5)51(6,48)49)41-31(45)23-50-32-18-12-17-30(38)40-32/h7-9,12-14,17-18,25-29,33,44H,10-11,15-16,19-23H2,1-6H3,(H,39,47)(H,41,45)(H,42,46). The van der Waals surface area contributed by atoms with Gasteiger partial charge in [0.25, 0.3) is 5.91 Å². The smallest absolute Gasteiger partial charge is 0.258 e. The second kappa shape index (κ2) is 16.8. The number of amides is 3. The Hall–Kier alpha value is -3.62. The molecule has 2 aliphatic rings. The summed E-state index contributed by atoms with van der Waals surface area (Å²) in [4.78, 5) is 46.4. The molecule has 1 aliphatic heterocycles. The molecule has 2 heterocycles. The lowest BCUT2D eigenvalue weighted by Gasteiger charge is -2.47. The van der Waals surface area contributed by atoms with Crippen LogP contribution in [0.3, 0.4) is 0 Å². The second-order valence-electron chi connectivity index (χ2n) is 15.6. The van der Waals surface area contributed by atoms with Crippen LogP contribution in [-0.4, -0.2) is 102 Å². The minimum absolute atomic E-state index is 0.0875. The highest BCUT2D eigenvalue weighted by molar-refractivity contribution is 7.92. The van der Waals surface area contributed by atoms with Crippen molar-refractivity contribution in [1.29, 1.82) is 0 Å². The number of rotatable bonds is 14. The number of benzene rings is 1. The van der Waals surface area contributed by atoms with Crippen LogP contribution in [0, 0.1) is 17.8 Å². The van der Waals surface area contributed by atoms with Crippen LogP contribution in [0.5, 0.6) is 5.88 Å². The molecule has 1 aromatic carbocycles. The molecular weight excluding hydrogens is 678 g/mol. The Morgan fingerprint density at radius 1 is 1.00 bits per heavy atom. The number of aliphatic hydroxyl groups excluding tert-OH is 1. The molecule has 4 N–H and O–H groups in total. The summed E-state index contributed by atoms with van der Waals surface area (Å²) >= 11 is 0. The third kappa shape index (κ3) is 11.2. The molecule has 3 amide bonds. The van der Waals surface area contributed by atoms with Crippen molar-refractivity contribution in [2.75, 3.05) is 26.0 Å². The van der Waals surface area contributed by atoms with Crippen LogP contribution >= 0.6 is 0 Å². The number of nitrogens with one attached hydrogen (secondary N) is 3. The van der Waals surface area contributed by atoms with E-state index in [-0.39, 0.29) is 24.8 Å². The van der Waals surface area contributed by atoms with E-state index in [9.17, 15) is 32.3 Å². The van der Waals surface area contributed by atoms with Crippen molar-refractivity contribution in [1.82, 2.24) is 25.8 Å². The van der Waals surface area contributed by atoms with Gasteiger partial charge >= 0.3 is 0 Å². The zero-order valence-electron chi connectivity index (χ0n) is 30.5. The van der Waals surface area contributed by atoms with Crippen molar-refractivity contribution in [3.8, 4) is 5.88 Å². The molecular formula is C37H54FN5O7S. The molecule has 2 fully saturated rings. The van der Waals surface area contributed by atoms with E-state index in [1.807, 2.05) is 56.0 Å². The van der Waals surface area contributed by atoms with E-state index in [1.54, 1.807) is 0 Å². The van der Waals surface area contributed by atoms with Crippen LogP contribution in [0.1, 0.15) is 72.3 Å². The van der Waals surface area contributed by atoms with Crippen molar-refractivity contribution in [3.05, 3.63) is 60.0 Å². The number of carbonyl (C=O) groups excluding carboxylic acids is 3. The number of aliphatic hydroxyl groups is 1. The number of likely N-dealkylation sites (tertiary alicyclic amines) is 1. The van der Waals surface area contributed by atoms with Gasteiger partial charge in [-0.25, -0.2) is 8.42 Å². The Labute approximate surface area is 301 Å². The highest BCUT2D eigenvalue weighted by Crippen LogP contribution is 2.39. The fourth-order valence-electron chi connectivity index (χ4n) is 6.99. The molecule has 0 bridgehead atoms. The number of hydrogen-bond donors (Lipinski definition) is 4. The van der Waals surface area contributed by atoms with Gasteiger partial charge in [-0.05, 0) is 77.3 Å². The number of nitrogens with zero attached hydrogens (tertiary/aromatic N) is 2. The Balaban J connectivity index is 1.58. The summed E-state index contributed by atoms with van der Waals surface area (Å²) in [6.45, 7) is 8.51. The summed E-state index contributed by atoms with van der Waals surface area (Å²) in [6, 6.07) is 10.1. The lowest BCUT2D eigenvalue weighted by molar-refractivity contribution is -0.133. The zero-order chi connectivity index (χ0) is 37.6. The Morgan fingerprint density at radius 2 is 1.67 bits per heavy atom. The van der Waals surface area contributed by atoms with Gasteiger partial charge in [0, 0.05) is 31.0 Å². The predicted octanol–water partition coefficient (Wildman–Crippen LogP) is 2.79. The molecule has 2 aromatic rings. The van der Waals surface area contributed by atoms with Crippen LogP contribution in [0.4, 0.5) is 4.39 Å². The van der Waals surface area contributed by atoms with Crippen molar-refractivity contribution >= 4 is 27.6 Å². The second-order valence-corrected chi connectivity index (χ2v) is 18.2. The van der Waals surface area contributed by atoms with Gasteiger partial charge < -0.3 is 25.8 Å². The first-order valence-electron chi connectivity index (χ1n) is 17.7. The third-order valence-electron chi connectivity index (χ3n) is 10.1. The first-order chi connectivity index (χ1) is 23.8. The number of carbonyl (C=O) groups is 3. The summed E-state index contributed by atoms with van der Waals surface area (Å²) in [7, 11) is -3.94. The zero-order valence-corrected chi connectivity index (χ0v) is 31.3. The Morgan fingerprint density at radius 3 is 2.29 bits per heavy atom. The lowest BCUT2D eigenvalue weighted by atomic mass is 9.72. The summed E-state index contributed by atoms with van der Waals surface area (Å²) in [5.74, 6) is -1.91. The van der Waals surface area contributed by atoms with Gasteiger partial charge in [-0.15, -0.1) is 0 Å². The number of pyridine rings is 1. The average Bonchev–Trinajstić information content (AvgIpc) is 3.04. The maximum Gasteiger partial charge on any atom is 0.258 e. The summed E-state index contributed by atoms with van der Waals surface area (Å²) < 4.78 is 43.0. The number of piperidine rings is 1. The van der Waals surface area contributed by atoms with E-state index < -0.39 is 68.7 Å². The minimum Gasteiger partial charge on any atom is -0.467 e. The van der Waals surface area contributed by atoms with Crippen LogP contribution < -0.4 is 20.7 Å². The molecule has 4 rings (SSSR count). The Kier molecular flexibility index (Phi) is 13.2. The number of aromatic nitrogens is 1. The normalized spacial score (nSPS) is 21.8. The molecule has 6 unspecified atom stereocenters. The molecule has 1 aromatic heterocycles. The number of β-amino-alcohol motifs (C(OH)–C–C–N with tert-alkyl or cyclic N) is 1. The van der Waals surface area contributed by atoms with Gasteiger partial charge in [0.05, 0.1) is 22.9 Å². The summed E-state index contributed by atoms with van der Waals surface area (Å²) in [6.07, 6.45) is 5.06.